The Balaban J connectivity index is 2.14. The Morgan fingerprint density at radius 2 is 2.25 bits per heavy atom. The van der Waals surface area contributed by atoms with E-state index < -0.39 is 18.0 Å². The maximum atomic E-state index is 12.2. The zero-order valence-corrected chi connectivity index (χ0v) is 12.5. The fourth-order valence-electron chi connectivity index (χ4n) is 1.97. The van der Waals surface area contributed by atoms with Crippen LogP contribution in [0.5, 0.6) is 0 Å². The number of carboxylic acids is 1. The molecule has 1 fully saturated rings. The van der Waals surface area contributed by atoms with Gasteiger partial charge in [0.05, 0.1) is 10.7 Å². The molecule has 20 heavy (non-hydrogen) atoms. The molecule has 2 amide bonds. The van der Waals surface area contributed by atoms with Crippen LogP contribution in [0.3, 0.4) is 0 Å². The highest BCUT2D eigenvalue weighted by molar-refractivity contribution is 7.99. The molecule has 0 bridgehead atoms. The molecule has 2 rings (SSSR count). The lowest BCUT2D eigenvalue weighted by Crippen LogP contribution is -2.51. The second-order valence-electron chi connectivity index (χ2n) is 4.54. The number of urea groups is 1. The molecule has 0 aromatic heterocycles. The van der Waals surface area contributed by atoms with Crippen LogP contribution in [0, 0.1) is 6.92 Å². The van der Waals surface area contributed by atoms with Gasteiger partial charge in [-0.2, -0.15) is 11.8 Å². The maximum Gasteiger partial charge on any atom is 0.327 e. The van der Waals surface area contributed by atoms with Crippen LogP contribution in [-0.2, 0) is 4.79 Å². The van der Waals surface area contributed by atoms with Crippen molar-refractivity contribution in [2.45, 2.75) is 13.0 Å². The van der Waals surface area contributed by atoms with Gasteiger partial charge in [-0.15, -0.1) is 0 Å². The van der Waals surface area contributed by atoms with Gasteiger partial charge in [-0.25, -0.2) is 9.59 Å². The highest BCUT2D eigenvalue weighted by atomic mass is 35.5. The molecule has 0 radical (unpaired) electrons. The van der Waals surface area contributed by atoms with E-state index in [0.29, 0.717) is 23.0 Å². The minimum atomic E-state index is -0.984. The number of nitrogens with zero attached hydrogens (tertiary/aromatic N) is 1. The number of benzene rings is 1. The van der Waals surface area contributed by atoms with Crippen molar-refractivity contribution in [1.82, 2.24) is 4.90 Å². The normalized spacial score (nSPS) is 18.7. The number of hydrogen-bond acceptors (Lipinski definition) is 3. The Morgan fingerprint density at radius 3 is 2.95 bits per heavy atom. The Hall–Kier alpha value is -1.40. The van der Waals surface area contributed by atoms with Crippen molar-refractivity contribution in [1.29, 1.82) is 0 Å². The van der Waals surface area contributed by atoms with E-state index in [0.717, 1.165) is 11.3 Å². The lowest BCUT2D eigenvalue weighted by molar-refractivity contribution is -0.141. The van der Waals surface area contributed by atoms with Gasteiger partial charge in [0.2, 0.25) is 0 Å². The number of thioether (sulfide) groups is 1. The summed E-state index contributed by atoms with van der Waals surface area (Å²) in [6.45, 7) is 2.31. The van der Waals surface area contributed by atoms with E-state index in [4.69, 9.17) is 16.7 Å². The zero-order valence-electron chi connectivity index (χ0n) is 10.9. The smallest absolute Gasteiger partial charge is 0.327 e. The predicted molar refractivity (Wildman–Crippen MR) is 80.7 cm³/mol. The van der Waals surface area contributed by atoms with Crippen LogP contribution in [0.2, 0.25) is 5.02 Å². The molecule has 1 unspecified atom stereocenters. The molecule has 0 saturated carbocycles. The minimum Gasteiger partial charge on any atom is -0.480 e. The molecule has 2 N–H and O–H groups in total. The molecule has 0 spiro atoms. The van der Waals surface area contributed by atoms with Gasteiger partial charge < -0.3 is 15.3 Å². The van der Waals surface area contributed by atoms with E-state index in [-0.39, 0.29) is 0 Å². The minimum absolute atomic E-state index is 0.407. The third-order valence-electron chi connectivity index (χ3n) is 3.04. The fraction of sp³-hybridized carbons (Fsp3) is 0.385. The molecule has 7 heteroatoms. The Labute approximate surface area is 126 Å². The summed E-state index contributed by atoms with van der Waals surface area (Å²) in [7, 11) is 0. The first kappa shape index (κ1) is 15.0. The van der Waals surface area contributed by atoms with Crippen molar-refractivity contribution in [3.05, 3.63) is 28.8 Å². The largest absolute Gasteiger partial charge is 0.480 e. The monoisotopic (exact) mass is 314 g/mol. The van der Waals surface area contributed by atoms with Crippen LogP contribution in [0.15, 0.2) is 18.2 Å². The standard InChI is InChI=1S/C13H15ClN2O3S/c1-8-2-3-9(14)10(6-8)15-13(19)16-4-5-20-7-11(16)12(17)18/h2-3,6,11H,4-5,7H2,1H3,(H,15,19)(H,17,18). The Bertz CT molecular complexity index is 538. The molecule has 0 aliphatic carbocycles. The van der Waals surface area contributed by atoms with Crippen LogP contribution in [0.25, 0.3) is 0 Å². The van der Waals surface area contributed by atoms with Crippen molar-refractivity contribution >= 4 is 41.1 Å². The number of hydrogen-bond donors (Lipinski definition) is 2. The quantitative estimate of drug-likeness (QED) is 0.880. The first-order valence-electron chi connectivity index (χ1n) is 6.13. The van der Waals surface area contributed by atoms with Gasteiger partial charge >= 0.3 is 12.0 Å². The van der Waals surface area contributed by atoms with Crippen LogP contribution < -0.4 is 5.32 Å². The Kier molecular flexibility index (Phi) is 4.77. The lowest BCUT2D eigenvalue weighted by atomic mass is 10.2. The average molecular weight is 315 g/mol. The number of halogens is 1. The van der Waals surface area contributed by atoms with Crippen LogP contribution in [-0.4, -0.2) is 46.1 Å². The van der Waals surface area contributed by atoms with E-state index in [9.17, 15) is 9.59 Å². The summed E-state index contributed by atoms with van der Waals surface area (Å²) in [6, 6.07) is 4.08. The first-order chi connectivity index (χ1) is 9.49. The van der Waals surface area contributed by atoms with Crippen molar-refractivity contribution < 1.29 is 14.7 Å². The van der Waals surface area contributed by atoms with E-state index >= 15 is 0 Å². The van der Waals surface area contributed by atoms with E-state index in [1.807, 2.05) is 13.0 Å². The zero-order chi connectivity index (χ0) is 14.7. The van der Waals surface area contributed by atoms with Gasteiger partial charge in [-0.05, 0) is 24.6 Å². The number of rotatable bonds is 2. The molecular weight excluding hydrogens is 300 g/mol. The van der Waals surface area contributed by atoms with E-state index in [1.54, 1.807) is 12.1 Å². The number of carbonyl (C=O) groups is 2. The highest BCUT2D eigenvalue weighted by Crippen LogP contribution is 2.24. The summed E-state index contributed by atoms with van der Waals surface area (Å²) in [5.41, 5.74) is 1.47. The third-order valence-corrected chi connectivity index (χ3v) is 4.39. The maximum absolute atomic E-state index is 12.2. The molecule has 1 aromatic carbocycles. The Morgan fingerprint density at radius 1 is 1.50 bits per heavy atom. The highest BCUT2D eigenvalue weighted by Gasteiger charge is 2.32. The molecule has 1 atom stereocenters. The molecule has 1 aliphatic rings. The van der Waals surface area contributed by atoms with E-state index in [1.165, 1.54) is 16.7 Å². The number of anilines is 1. The average Bonchev–Trinajstić information content (AvgIpc) is 2.42. The number of aliphatic carboxylic acids is 1. The molecule has 1 heterocycles. The van der Waals surface area contributed by atoms with Gasteiger partial charge in [0, 0.05) is 18.1 Å². The molecule has 1 aromatic rings. The number of amides is 2. The number of aryl methyl sites for hydroxylation is 1. The van der Waals surface area contributed by atoms with Crippen molar-refractivity contribution in [2.24, 2.45) is 0 Å². The SMILES string of the molecule is Cc1ccc(Cl)c(NC(=O)N2CCSCC2C(=O)O)c1. The summed E-state index contributed by atoms with van der Waals surface area (Å²) >= 11 is 7.56. The van der Waals surface area contributed by atoms with Crippen molar-refractivity contribution in [2.75, 3.05) is 23.4 Å². The van der Waals surface area contributed by atoms with Gasteiger partial charge in [0.1, 0.15) is 6.04 Å². The van der Waals surface area contributed by atoms with Crippen molar-refractivity contribution in [3.8, 4) is 0 Å². The second kappa shape index (κ2) is 6.37. The number of carboxylic acid groups (broad SMARTS) is 1. The molecule has 1 saturated heterocycles. The fourth-order valence-corrected chi connectivity index (χ4v) is 3.18. The third kappa shape index (κ3) is 3.37. The predicted octanol–water partition coefficient (Wildman–Crippen LogP) is 2.68. The summed E-state index contributed by atoms with van der Waals surface area (Å²) in [6.07, 6.45) is 0. The topological polar surface area (TPSA) is 69.6 Å². The van der Waals surface area contributed by atoms with Crippen LogP contribution >= 0.6 is 23.4 Å². The number of nitrogens with one attached hydrogen (secondary N) is 1. The molecule has 108 valence electrons. The van der Waals surface area contributed by atoms with E-state index in [2.05, 4.69) is 5.32 Å². The van der Waals surface area contributed by atoms with Gasteiger partial charge in [-0.1, -0.05) is 17.7 Å². The van der Waals surface area contributed by atoms with Gasteiger partial charge in [0.25, 0.3) is 0 Å². The van der Waals surface area contributed by atoms with Gasteiger partial charge in [0.15, 0.2) is 0 Å². The lowest BCUT2D eigenvalue weighted by Gasteiger charge is -2.32. The van der Waals surface area contributed by atoms with Crippen LogP contribution in [0.4, 0.5) is 10.5 Å². The van der Waals surface area contributed by atoms with Crippen molar-refractivity contribution in [3.63, 3.8) is 0 Å². The molecule has 1 aliphatic heterocycles. The number of carbonyl (C=O) groups excluding carboxylic acids is 1. The summed E-state index contributed by atoms with van der Waals surface area (Å²) in [5.74, 6) is 0.158. The summed E-state index contributed by atoms with van der Waals surface area (Å²) in [4.78, 5) is 24.8. The second-order valence-corrected chi connectivity index (χ2v) is 6.09. The molecular formula is C13H15ClN2O3S. The first-order valence-corrected chi connectivity index (χ1v) is 7.66. The summed E-state index contributed by atoms with van der Waals surface area (Å²) < 4.78 is 0. The van der Waals surface area contributed by atoms with Crippen LogP contribution in [0.1, 0.15) is 5.56 Å². The molecule has 5 nitrogen and oxygen atoms in total. The van der Waals surface area contributed by atoms with Gasteiger partial charge in [-0.3, -0.25) is 0 Å². The summed E-state index contributed by atoms with van der Waals surface area (Å²) in [5, 5.41) is 12.3.